The molecule has 108 valence electrons. The molecule has 1 N–H and O–H groups in total. The zero-order chi connectivity index (χ0) is 14.6. The van der Waals surface area contributed by atoms with Crippen molar-refractivity contribution in [2.75, 3.05) is 13.1 Å². The second-order valence-electron chi connectivity index (χ2n) is 6.11. The Morgan fingerprint density at radius 1 is 1.26 bits per heavy atom. The molecule has 0 fully saturated rings. The van der Waals surface area contributed by atoms with Crippen LogP contribution in [0.3, 0.4) is 0 Å². The van der Waals surface area contributed by atoms with Crippen molar-refractivity contribution in [1.82, 2.24) is 15.1 Å². The van der Waals surface area contributed by atoms with Crippen molar-refractivity contribution in [2.24, 2.45) is 18.9 Å². The fourth-order valence-corrected chi connectivity index (χ4v) is 2.11. The Balaban J connectivity index is 2.89. The predicted molar refractivity (Wildman–Crippen MR) is 83.2 cm³/mol. The fourth-order valence-electron chi connectivity index (χ4n) is 2.11. The summed E-state index contributed by atoms with van der Waals surface area (Å²) in [5.41, 5.74) is 5.07. The number of hydrogen-bond donors (Lipinski definition) is 1. The molecule has 1 heterocycles. The van der Waals surface area contributed by atoms with E-state index in [4.69, 9.17) is 0 Å². The van der Waals surface area contributed by atoms with E-state index in [1.807, 2.05) is 11.7 Å². The normalized spacial score (nSPS) is 12.8. The number of hydrogen-bond acceptors (Lipinski definition) is 2. The maximum Gasteiger partial charge on any atom is 0.0668 e. The molecule has 0 aliphatic carbocycles. The highest BCUT2D eigenvalue weighted by Crippen LogP contribution is 2.19. The lowest BCUT2D eigenvalue weighted by Gasteiger charge is -2.14. The van der Waals surface area contributed by atoms with Crippen LogP contribution < -0.4 is 5.32 Å². The standard InChI is InChI=1S/C16H29N3/c1-11(2)9-17-10-15(12(3)4)8-16-13(5)18-19(7)14(16)6/h8,11-12,17H,9-10H2,1-7H3. The van der Waals surface area contributed by atoms with Gasteiger partial charge in [0.05, 0.1) is 5.69 Å². The zero-order valence-electron chi connectivity index (χ0n) is 13.5. The molecule has 1 aromatic heterocycles. The van der Waals surface area contributed by atoms with Crippen LogP contribution in [0.4, 0.5) is 0 Å². The summed E-state index contributed by atoms with van der Waals surface area (Å²) >= 11 is 0. The van der Waals surface area contributed by atoms with Crippen molar-refractivity contribution < 1.29 is 0 Å². The molecule has 0 aliphatic rings. The van der Waals surface area contributed by atoms with Crippen LogP contribution in [0.15, 0.2) is 5.57 Å². The van der Waals surface area contributed by atoms with Gasteiger partial charge in [0.2, 0.25) is 0 Å². The van der Waals surface area contributed by atoms with E-state index in [-0.39, 0.29) is 0 Å². The molecule has 3 heteroatoms. The van der Waals surface area contributed by atoms with E-state index in [0.29, 0.717) is 11.8 Å². The first-order chi connectivity index (χ1) is 8.82. The highest BCUT2D eigenvalue weighted by Gasteiger charge is 2.10. The summed E-state index contributed by atoms with van der Waals surface area (Å²) in [6.07, 6.45) is 2.32. The first-order valence-electron chi connectivity index (χ1n) is 7.24. The quantitative estimate of drug-likeness (QED) is 0.853. The monoisotopic (exact) mass is 263 g/mol. The van der Waals surface area contributed by atoms with Gasteiger partial charge in [-0.3, -0.25) is 4.68 Å². The molecule has 0 spiro atoms. The van der Waals surface area contributed by atoms with Crippen molar-refractivity contribution in [3.63, 3.8) is 0 Å². The van der Waals surface area contributed by atoms with Gasteiger partial charge >= 0.3 is 0 Å². The lowest BCUT2D eigenvalue weighted by Crippen LogP contribution is -2.23. The van der Waals surface area contributed by atoms with Gasteiger partial charge in [0.25, 0.3) is 0 Å². The van der Waals surface area contributed by atoms with Gasteiger partial charge in [0, 0.05) is 24.8 Å². The first kappa shape index (κ1) is 16.0. The third-order valence-electron chi connectivity index (χ3n) is 3.52. The van der Waals surface area contributed by atoms with Crippen LogP contribution in [0.1, 0.15) is 44.6 Å². The van der Waals surface area contributed by atoms with E-state index in [2.05, 4.69) is 58.0 Å². The molecular weight excluding hydrogens is 234 g/mol. The summed E-state index contributed by atoms with van der Waals surface area (Å²) in [4.78, 5) is 0. The lowest BCUT2D eigenvalue weighted by atomic mass is 9.99. The fraction of sp³-hybridized carbons (Fsp3) is 0.688. The van der Waals surface area contributed by atoms with Gasteiger partial charge in [-0.05, 0) is 32.2 Å². The summed E-state index contributed by atoms with van der Waals surface area (Å²) < 4.78 is 1.96. The molecule has 0 bridgehead atoms. The molecule has 3 nitrogen and oxygen atoms in total. The van der Waals surface area contributed by atoms with Crippen molar-refractivity contribution in [3.8, 4) is 0 Å². The van der Waals surface area contributed by atoms with Crippen LogP contribution in [-0.4, -0.2) is 22.9 Å². The molecule has 0 saturated heterocycles. The smallest absolute Gasteiger partial charge is 0.0668 e. The maximum atomic E-state index is 4.48. The third kappa shape index (κ3) is 4.50. The second kappa shape index (κ2) is 6.90. The van der Waals surface area contributed by atoms with E-state index in [1.165, 1.54) is 16.8 Å². The van der Waals surface area contributed by atoms with Crippen LogP contribution in [-0.2, 0) is 7.05 Å². The number of nitrogens with one attached hydrogen (secondary N) is 1. The van der Waals surface area contributed by atoms with Crippen LogP contribution in [0.2, 0.25) is 0 Å². The third-order valence-corrected chi connectivity index (χ3v) is 3.52. The van der Waals surface area contributed by atoms with Gasteiger partial charge in [0.1, 0.15) is 0 Å². The van der Waals surface area contributed by atoms with Gasteiger partial charge in [0.15, 0.2) is 0 Å². The topological polar surface area (TPSA) is 29.9 Å². The van der Waals surface area contributed by atoms with E-state index in [9.17, 15) is 0 Å². The van der Waals surface area contributed by atoms with Crippen LogP contribution in [0.5, 0.6) is 0 Å². The second-order valence-corrected chi connectivity index (χ2v) is 6.11. The van der Waals surface area contributed by atoms with Crippen LogP contribution in [0, 0.1) is 25.7 Å². The Hall–Kier alpha value is -1.09. The highest BCUT2D eigenvalue weighted by molar-refractivity contribution is 5.58. The van der Waals surface area contributed by atoms with Gasteiger partial charge in [-0.25, -0.2) is 0 Å². The molecule has 0 aliphatic heterocycles. The Bertz CT molecular complexity index is 439. The maximum absolute atomic E-state index is 4.48. The first-order valence-corrected chi connectivity index (χ1v) is 7.24. The van der Waals surface area contributed by atoms with Gasteiger partial charge < -0.3 is 5.32 Å². The summed E-state index contributed by atoms with van der Waals surface area (Å²) in [5, 5.41) is 8.02. The molecule has 1 aromatic rings. The lowest BCUT2D eigenvalue weighted by molar-refractivity contribution is 0.558. The SMILES string of the molecule is Cc1nn(C)c(C)c1C=C(CNCC(C)C)C(C)C. The Kier molecular flexibility index (Phi) is 5.80. The van der Waals surface area contributed by atoms with Crippen molar-refractivity contribution >= 4 is 6.08 Å². The highest BCUT2D eigenvalue weighted by atomic mass is 15.3. The molecule has 19 heavy (non-hydrogen) atoms. The molecule has 0 aromatic carbocycles. The largest absolute Gasteiger partial charge is 0.313 e. The molecule has 0 amide bonds. The van der Waals surface area contributed by atoms with Gasteiger partial charge in [-0.15, -0.1) is 0 Å². The van der Waals surface area contributed by atoms with E-state index < -0.39 is 0 Å². The Morgan fingerprint density at radius 2 is 1.89 bits per heavy atom. The molecule has 0 saturated carbocycles. The van der Waals surface area contributed by atoms with E-state index >= 15 is 0 Å². The number of aromatic nitrogens is 2. The Morgan fingerprint density at radius 3 is 2.32 bits per heavy atom. The number of aryl methyl sites for hydroxylation is 2. The van der Waals surface area contributed by atoms with E-state index in [0.717, 1.165) is 18.8 Å². The molecule has 1 rings (SSSR count). The average Bonchev–Trinajstić information content (AvgIpc) is 2.53. The zero-order valence-corrected chi connectivity index (χ0v) is 13.5. The number of nitrogens with zero attached hydrogens (tertiary/aromatic N) is 2. The summed E-state index contributed by atoms with van der Waals surface area (Å²) in [7, 11) is 2.01. The van der Waals surface area contributed by atoms with Crippen molar-refractivity contribution in [2.45, 2.75) is 41.5 Å². The molecule has 0 unspecified atom stereocenters. The van der Waals surface area contributed by atoms with Gasteiger partial charge in [-0.1, -0.05) is 39.3 Å². The summed E-state index contributed by atoms with van der Waals surface area (Å²) in [5.74, 6) is 1.24. The van der Waals surface area contributed by atoms with Crippen molar-refractivity contribution in [1.29, 1.82) is 0 Å². The van der Waals surface area contributed by atoms with Crippen LogP contribution >= 0.6 is 0 Å². The van der Waals surface area contributed by atoms with Crippen LogP contribution in [0.25, 0.3) is 6.08 Å². The number of rotatable bonds is 6. The van der Waals surface area contributed by atoms with E-state index in [1.54, 1.807) is 0 Å². The minimum absolute atomic E-state index is 0.554. The molecule has 0 atom stereocenters. The van der Waals surface area contributed by atoms with Gasteiger partial charge in [-0.2, -0.15) is 5.10 Å². The molecule has 0 radical (unpaired) electrons. The summed E-state index contributed by atoms with van der Waals surface area (Å²) in [6.45, 7) is 15.2. The predicted octanol–water partition coefficient (Wildman–Crippen LogP) is 3.32. The minimum atomic E-state index is 0.554. The summed E-state index contributed by atoms with van der Waals surface area (Å²) in [6, 6.07) is 0. The minimum Gasteiger partial charge on any atom is -0.313 e. The molecular formula is C16H29N3. The van der Waals surface area contributed by atoms with Crippen molar-refractivity contribution in [3.05, 3.63) is 22.5 Å². The Labute approximate surface area is 118 Å². The average molecular weight is 263 g/mol.